The summed E-state index contributed by atoms with van der Waals surface area (Å²) in [5.41, 5.74) is 0. The molecule has 0 fully saturated rings. The molecule has 0 aliphatic heterocycles. The fourth-order valence-electron chi connectivity index (χ4n) is 1.96. The molecule has 116 valence electrons. The summed E-state index contributed by atoms with van der Waals surface area (Å²) in [6.07, 6.45) is 3.66. The Labute approximate surface area is 137 Å². The summed E-state index contributed by atoms with van der Waals surface area (Å²) in [5.74, 6) is 1.01. The zero-order chi connectivity index (χ0) is 13.8. The molecular weight excluding hydrogens is 351 g/mol. The third-order valence-corrected chi connectivity index (χ3v) is 3.12. The van der Waals surface area contributed by atoms with Crippen molar-refractivity contribution in [3.63, 3.8) is 0 Å². The van der Waals surface area contributed by atoms with Gasteiger partial charge in [0.25, 0.3) is 0 Å². The van der Waals surface area contributed by atoms with E-state index < -0.39 is 0 Å². The van der Waals surface area contributed by atoms with Crippen molar-refractivity contribution in [1.29, 1.82) is 0 Å². The molecule has 0 aromatic heterocycles. The quantitative estimate of drug-likeness (QED) is 0.377. The van der Waals surface area contributed by atoms with Crippen molar-refractivity contribution in [2.75, 3.05) is 46.8 Å². The van der Waals surface area contributed by atoms with Crippen LogP contribution in [0.4, 0.5) is 0 Å². The first-order chi connectivity index (χ1) is 8.69. The van der Waals surface area contributed by atoms with Gasteiger partial charge in [0.1, 0.15) is 0 Å². The van der Waals surface area contributed by atoms with Gasteiger partial charge in [0.2, 0.25) is 0 Å². The molecule has 0 bridgehead atoms. The first kappa shape index (κ1) is 21.3. The molecule has 0 aliphatic carbocycles. The smallest absolute Gasteiger partial charge is 0.193 e. The highest BCUT2D eigenvalue weighted by atomic mass is 127. The molecule has 0 saturated heterocycles. The van der Waals surface area contributed by atoms with Gasteiger partial charge in [-0.05, 0) is 25.9 Å². The molecule has 0 spiro atoms. The molecule has 1 N–H and O–H groups in total. The van der Waals surface area contributed by atoms with Gasteiger partial charge in [0, 0.05) is 33.7 Å². The third-order valence-electron chi connectivity index (χ3n) is 3.12. The molecule has 0 aromatic rings. The molecular formula is C14H33IN4. The Morgan fingerprint density at radius 2 is 1.74 bits per heavy atom. The minimum Gasteiger partial charge on any atom is -0.355 e. The van der Waals surface area contributed by atoms with Crippen molar-refractivity contribution < 1.29 is 0 Å². The maximum atomic E-state index is 4.32. The van der Waals surface area contributed by atoms with Crippen molar-refractivity contribution >= 4 is 29.9 Å². The zero-order valence-electron chi connectivity index (χ0n) is 13.4. The van der Waals surface area contributed by atoms with Crippen LogP contribution in [0.5, 0.6) is 0 Å². The second-order valence-electron chi connectivity index (χ2n) is 4.68. The van der Waals surface area contributed by atoms with Gasteiger partial charge >= 0.3 is 0 Å². The zero-order valence-corrected chi connectivity index (χ0v) is 15.7. The van der Waals surface area contributed by atoms with Gasteiger partial charge in [0.05, 0.1) is 0 Å². The van der Waals surface area contributed by atoms with E-state index in [-0.39, 0.29) is 24.0 Å². The first-order valence-electron chi connectivity index (χ1n) is 7.33. The normalized spacial score (nSPS) is 11.4. The van der Waals surface area contributed by atoms with E-state index in [0.29, 0.717) is 0 Å². The molecule has 0 saturated carbocycles. The van der Waals surface area contributed by atoms with Crippen LogP contribution < -0.4 is 5.32 Å². The maximum absolute atomic E-state index is 4.32. The molecule has 4 nitrogen and oxygen atoms in total. The summed E-state index contributed by atoms with van der Waals surface area (Å²) in [6, 6.07) is 0. The summed E-state index contributed by atoms with van der Waals surface area (Å²) >= 11 is 0. The fraction of sp³-hybridized carbons (Fsp3) is 0.929. The molecule has 19 heavy (non-hydrogen) atoms. The standard InChI is InChI=1S/C14H32N4.HI/c1-6-9-12-17(5)14(15-4)16-10-13-18(8-3)11-7-2;/h6-13H2,1-5H3,(H,15,16);1H. The number of guanidine groups is 1. The summed E-state index contributed by atoms with van der Waals surface area (Å²) in [7, 11) is 3.96. The van der Waals surface area contributed by atoms with Crippen molar-refractivity contribution in [3.05, 3.63) is 0 Å². The highest BCUT2D eigenvalue weighted by molar-refractivity contribution is 14.0. The Kier molecular flexibility index (Phi) is 16.1. The number of nitrogens with one attached hydrogen (secondary N) is 1. The predicted molar refractivity (Wildman–Crippen MR) is 96.7 cm³/mol. The van der Waals surface area contributed by atoms with E-state index in [1.54, 1.807) is 0 Å². The molecule has 0 rings (SSSR count). The monoisotopic (exact) mass is 384 g/mol. The van der Waals surface area contributed by atoms with Crippen molar-refractivity contribution in [2.24, 2.45) is 4.99 Å². The number of halogens is 1. The number of hydrogen-bond acceptors (Lipinski definition) is 2. The second kappa shape index (κ2) is 14.4. The van der Waals surface area contributed by atoms with Crippen LogP contribution in [0.1, 0.15) is 40.0 Å². The minimum atomic E-state index is 0. The Morgan fingerprint density at radius 3 is 2.21 bits per heavy atom. The van der Waals surface area contributed by atoms with E-state index in [1.807, 2.05) is 7.05 Å². The van der Waals surface area contributed by atoms with Crippen LogP contribution in [-0.2, 0) is 0 Å². The fourth-order valence-corrected chi connectivity index (χ4v) is 1.96. The van der Waals surface area contributed by atoms with Gasteiger partial charge < -0.3 is 15.1 Å². The van der Waals surface area contributed by atoms with Crippen LogP contribution in [0.3, 0.4) is 0 Å². The van der Waals surface area contributed by atoms with Gasteiger partial charge in [0.15, 0.2) is 5.96 Å². The van der Waals surface area contributed by atoms with Crippen LogP contribution in [0.15, 0.2) is 4.99 Å². The molecule has 0 amide bonds. The van der Waals surface area contributed by atoms with Crippen LogP contribution in [0.2, 0.25) is 0 Å². The maximum Gasteiger partial charge on any atom is 0.193 e. The molecule has 0 aromatic carbocycles. The molecule has 5 heteroatoms. The largest absolute Gasteiger partial charge is 0.355 e. The number of aliphatic imine (C=N–C) groups is 1. The molecule has 0 unspecified atom stereocenters. The van der Waals surface area contributed by atoms with Gasteiger partial charge in [-0.15, -0.1) is 24.0 Å². The number of unbranched alkanes of at least 4 members (excludes halogenated alkanes) is 1. The van der Waals surface area contributed by atoms with E-state index in [9.17, 15) is 0 Å². The highest BCUT2D eigenvalue weighted by Crippen LogP contribution is 1.93. The lowest BCUT2D eigenvalue weighted by Crippen LogP contribution is -2.43. The lowest BCUT2D eigenvalue weighted by molar-refractivity contribution is 0.291. The Hall–Kier alpha value is -0.0400. The summed E-state index contributed by atoms with van der Waals surface area (Å²) in [5, 5.41) is 3.44. The number of nitrogens with zero attached hydrogens (tertiary/aromatic N) is 3. The van der Waals surface area contributed by atoms with Crippen LogP contribution in [-0.4, -0.2) is 62.6 Å². The van der Waals surface area contributed by atoms with Gasteiger partial charge in [-0.1, -0.05) is 27.2 Å². The molecule has 0 atom stereocenters. The van der Waals surface area contributed by atoms with Crippen molar-refractivity contribution in [3.8, 4) is 0 Å². The molecule has 0 radical (unpaired) electrons. The van der Waals surface area contributed by atoms with Crippen LogP contribution in [0, 0.1) is 0 Å². The summed E-state index contributed by atoms with van der Waals surface area (Å²) < 4.78 is 0. The second-order valence-corrected chi connectivity index (χ2v) is 4.68. The summed E-state index contributed by atoms with van der Waals surface area (Å²) in [4.78, 5) is 9.00. The average molecular weight is 384 g/mol. The van der Waals surface area contributed by atoms with E-state index in [2.05, 4.69) is 47.9 Å². The van der Waals surface area contributed by atoms with E-state index in [1.165, 1.54) is 25.8 Å². The molecule has 0 aliphatic rings. The number of hydrogen-bond donors (Lipinski definition) is 1. The van der Waals surface area contributed by atoms with Gasteiger partial charge in [-0.2, -0.15) is 0 Å². The Balaban J connectivity index is 0. The van der Waals surface area contributed by atoms with Crippen LogP contribution in [0.25, 0.3) is 0 Å². The topological polar surface area (TPSA) is 30.9 Å². The molecule has 0 heterocycles. The first-order valence-corrected chi connectivity index (χ1v) is 7.33. The summed E-state index contributed by atoms with van der Waals surface area (Å²) in [6.45, 7) is 12.1. The SMILES string of the molecule is CCCCN(C)C(=NC)NCCN(CC)CCC.I. The number of rotatable bonds is 9. The van der Waals surface area contributed by atoms with Crippen LogP contribution >= 0.6 is 24.0 Å². The van der Waals surface area contributed by atoms with Gasteiger partial charge in [-0.25, -0.2) is 0 Å². The van der Waals surface area contributed by atoms with E-state index >= 15 is 0 Å². The average Bonchev–Trinajstić information content (AvgIpc) is 2.39. The predicted octanol–water partition coefficient (Wildman–Crippen LogP) is 2.64. The van der Waals surface area contributed by atoms with Crippen molar-refractivity contribution in [1.82, 2.24) is 15.1 Å². The van der Waals surface area contributed by atoms with Crippen molar-refractivity contribution in [2.45, 2.75) is 40.0 Å². The highest BCUT2D eigenvalue weighted by Gasteiger charge is 2.05. The third kappa shape index (κ3) is 10.4. The van der Waals surface area contributed by atoms with E-state index in [0.717, 1.165) is 32.1 Å². The Bertz CT molecular complexity index is 221. The lowest BCUT2D eigenvalue weighted by Gasteiger charge is -2.24. The number of likely N-dealkylation sites (N-methyl/N-ethyl adjacent to an activating group) is 1. The lowest BCUT2D eigenvalue weighted by atomic mass is 10.3. The minimum absolute atomic E-state index is 0. The van der Waals surface area contributed by atoms with E-state index in [4.69, 9.17) is 0 Å². The van der Waals surface area contributed by atoms with Gasteiger partial charge in [-0.3, -0.25) is 4.99 Å². The Morgan fingerprint density at radius 1 is 1.05 bits per heavy atom.